The van der Waals surface area contributed by atoms with E-state index < -0.39 is 5.97 Å². The van der Waals surface area contributed by atoms with Gasteiger partial charge in [-0.25, -0.2) is 0 Å². The molecule has 1 N–H and O–H groups in total. The quantitative estimate of drug-likeness (QED) is 0.646. The van der Waals surface area contributed by atoms with Crippen LogP contribution in [0.2, 0.25) is 0 Å². The van der Waals surface area contributed by atoms with Crippen LogP contribution in [0.25, 0.3) is 0 Å². The summed E-state index contributed by atoms with van der Waals surface area (Å²) in [5.41, 5.74) is 0. The van der Waals surface area contributed by atoms with Gasteiger partial charge >= 0.3 is 0 Å². The molecule has 0 aromatic rings. The Balaban J connectivity index is 1.93. The first-order valence-electron chi connectivity index (χ1n) is 8.87. The van der Waals surface area contributed by atoms with Gasteiger partial charge in [0.05, 0.1) is 19.6 Å². The summed E-state index contributed by atoms with van der Waals surface area (Å²) in [6.45, 7) is 9.09. The first-order chi connectivity index (χ1) is 10.5. The molecule has 2 aliphatic rings. The summed E-state index contributed by atoms with van der Waals surface area (Å²) >= 11 is 0. The molecule has 0 unspecified atom stereocenters. The number of nitrogens with one attached hydrogen (secondary N) is 1. The number of rotatable bonds is 8. The van der Waals surface area contributed by atoms with Crippen LogP contribution in [0.3, 0.4) is 0 Å². The fraction of sp³-hybridized carbons (Fsp3) is 0.882. The van der Waals surface area contributed by atoms with E-state index in [1.165, 1.54) is 4.90 Å². The maximum atomic E-state index is 12.3. The van der Waals surface area contributed by atoms with Crippen molar-refractivity contribution in [3.8, 4) is 0 Å². The summed E-state index contributed by atoms with van der Waals surface area (Å²) in [6, 6.07) is 0. The first kappa shape index (κ1) is 17.3. The van der Waals surface area contributed by atoms with Crippen molar-refractivity contribution in [2.45, 2.75) is 46.0 Å². The molecule has 5 nitrogen and oxygen atoms in total. The lowest BCUT2D eigenvalue weighted by molar-refractivity contribution is -0.897. The number of aliphatic carboxylic acids is 1. The molecule has 1 aliphatic heterocycles. The molecule has 0 aromatic heterocycles. The van der Waals surface area contributed by atoms with E-state index in [1.807, 2.05) is 4.90 Å². The van der Waals surface area contributed by atoms with E-state index in [0.29, 0.717) is 11.8 Å². The average molecular weight is 310 g/mol. The van der Waals surface area contributed by atoms with Gasteiger partial charge in [0.2, 0.25) is 5.91 Å². The Morgan fingerprint density at radius 2 is 1.82 bits per heavy atom. The molecular weight excluding hydrogens is 280 g/mol. The molecule has 1 amide bonds. The van der Waals surface area contributed by atoms with Crippen LogP contribution in [0.15, 0.2) is 0 Å². The van der Waals surface area contributed by atoms with Gasteiger partial charge in [0.25, 0.3) is 0 Å². The zero-order valence-electron chi connectivity index (χ0n) is 14.0. The number of carboxylic acids is 1. The number of amides is 1. The minimum Gasteiger partial charge on any atom is -0.550 e. The van der Waals surface area contributed by atoms with E-state index in [-0.39, 0.29) is 18.3 Å². The molecule has 0 radical (unpaired) electrons. The second-order valence-corrected chi connectivity index (χ2v) is 6.94. The van der Waals surface area contributed by atoms with Crippen molar-refractivity contribution >= 4 is 11.9 Å². The fourth-order valence-electron chi connectivity index (χ4n) is 3.67. The molecule has 2 fully saturated rings. The smallest absolute Gasteiger partial charge is 0.225 e. The number of hydrogen-bond acceptors (Lipinski definition) is 3. The summed E-state index contributed by atoms with van der Waals surface area (Å²) in [5, 5.41) is 11.0. The molecule has 1 saturated heterocycles. The standard InChI is InChI=1S/C17H30N2O3/c1-3-18(4-2)9-7-15-12-19(17(22)13-5-6-13)10-8-14(15)11-16(20)21/h13-15H,3-12H2,1-2H3,(H,20,21)/t14-,15-/m0/s1. The van der Waals surface area contributed by atoms with Gasteiger partial charge in [0.1, 0.15) is 0 Å². The zero-order chi connectivity index (χ0) is 16.1. The van der Waals surface area contributed by atoms with Crippen LogP contribution >= 0.6 is 0 Å². The monoisotopic (exact) mass is 310 g/mol. The van der Waals surface area contributed by atoms with Gasteiger partial charge in [-0.15, -0.1) is 0 Å². The second-order valence-electron chi connectivity index (χ2n) is 6.94. The van der Waals surface area contributed by atoms with E-state index in [4.69, 9.17) is 0 Å². The van der Waals surface area contributed by atoms with Gasteiger partial charge < -0.3 is 19.7 Å². The molecule has 0 aromatic carbocycles. The van der Waals surface area contributed by atoms with Gasteiger partial charge in [0, 0.05) is 31.4 Å². The third kappa shape index (κ3) is 4.70. The predicted molar refractivity (Wildman–Crippen MR) is 82.1 cm³/mol. The van der Waals surface area contributed by atoms with Crippen LogP contribution in [0, 0.1) is 17.8 Å². The fourth-order valence-corrected chi connectivity index (χ4v) is 3.67. The average Bonchev–Trinajstić information content (AvgIpc) is 3.33. The lowest BCUT2D eigenvalue weighted by Gasteiger charge is -2.39. The number of carbonyl (C=O) groups excluding carboxylic acids is 2. The van der Waals surface area contributed by atoms with Crippen molar-refractivity contribution in [3.63, 3.8) is 0 Å². The van der Waals surface area contributed by atoms with Gasteiger partial charge in [-0.3, -0.25) is 4.79 Å². The van der Waals surface area contributed by atoms with Crippen LogP contribution in [0.4, 0.5) is 0 Å². The molecule has 126 valence electrons. The molecule has 1 heterocycles. The number of carboxylic acid groups (broad SMARTS) is 1. The van der Waals surface area contributed by atoms with Gasteiger partial charge in [-0.1, -0.05) is 0 Å². The summed E-state index contributed by atoms with van der Waals surface area (Å²) in [6.07, 6.45) is 4.02. The molecule has 2 rings (SSSR count). The minimum atomic E-state index is -0.952. The predicted octanol–water partition coefficient (Wildman–Crippen LogP) is -0.684. The largest absolute Gasteiger partial charge is 0.550 e. The minimum absolute atomic E-state index is 0.143. The summed E-state index contributed by atoms with van der Waals surface area (Å²) in [5.74, 6) is 0.0802. The number of hydrogen-bond donors (Lipinski definition) is 1. The summed E-state index contributed by atoms with van der Waals surface area (Å²) in [4.78, 5) is 26.8. The Morgan fingerprint density at radius 1 is 1.14 bits per heavy atom. The lowest BCUT2D eigenvalue weighted by Crippen LogP contribution is -3.11. The van der Waals surface area contributed by atoms with Crippen molar-refractivity contribution in [1.29, 1.82) is 0 Å². The molecule has 1 aliphatic carbocycles. The zero-order valence-corrected chi connectivity index (χ0v) is 14.0. The number of likely N-dealkylation sites (tertiary alicyclic amines) is 1. The highest BCUT2D eigenvalue weighted by molar-refractivity contribution is 5.81. The van der Waals surface area contributed by atoms with Crippen molar-refractivity contribution in [3.05, 3.63) is 0 Å². The Bertz CT molecular complexity index is 391. The van der Waals surface area contributed by atoms with E-state index in [1.54, 1.807) is 0 Å². The van der Waals surface area contributed by atoms with Gasteiger partial charge in [-0.2, -0.15) is 0 Å². The number of quaternary nitrogens is 1. The summed E-state index contributed by atoms with van der Waals surface area (Å²) in [7, 11) is 0. The molecule has 2 atom stereocenters. The van der Waals surface area contributed by atoms with Gasteiger partial charge in [0.15, 0.2) is 0 Å². The Morgan fingerprint density at radius 3 is 2.36 bits per heavy atom. The Hall–Kier alpha value is -1.10. The SMILES string of the molecule is CC[NH+](CC)CC[C@H]1CN(C(=O)C2CC2)CC[C@H]1CC(=O)[O-]. The van der Waals surface area contributed by atoms with E-state index in [2.05, 4.69) is 13.8 Å². The highest BCUT2D eigenvalue weighted by Crippen LogP contribution is 2.35. The van der Waals surface area contributed by atoms with Crippen molar-refractivity contribution in [1.82, 2.24) is 4.90 Å². The lowest BCUT2D eigenvalue weighted by atomic mass is 9.81. The number of piperidine rings is 1. The molecule has 22 heavy (non-hydrogen) atoms. The molecule has 0 bridgehead atoms. The molecule has 0 spiro atoms. The van der Waals surface area contributed by atoms with Crippen molar-refractivity contribution < 1.29 is 19.6 Å². The maximum absolute atomic E-state index is 12.3. The molecule has 1 saturated carbocycles. The van der Waals surface area contributed by atoms with Crippen LogP contribution in [0.5, 0.6) is 0 Å². The van der Waals surface area contributed by atoms with Crippen LogP contribution in [-0.2, 0) is 9.59 Å². The number of nitrogens with zero attached hydrogens (tertiary/aromatic N) is 1. The van der Waals surface area contributed by atoms with Crippen LogP contribution in [0.1, 0.15) is 46.0 Å². The van der Waals surface area contributed by atoms with Crippen molar-refractivity contribution in [2.75, 3.05) is 32.7 Å². The third-order valence-electron chi connectivity index (χ3n) is 5.43. The summed E-state index contributed by atoms with van der Waals surface area (Å²) < 4.78 is 0. The van der Waals surface area contributed by atoms with Crippen LogP contribution in [-0.4, -0.2) is 49.5 Å². The topological polar surface area (TPSA) is 64.9 Å². The van der Waals surface area contributed by atoms with Crippen molar-refractivity contribution in [2.24, 2.45) is 17.8 Å². The normalized spacial score (nSPS) is 25.5. The highest BCUT2D eigenvalue weighted by Gasteiger charge is 2.38. The highest BCUT2D eigenvalue weighted by atomic mass is 16.4. The van der Waals surface area contributed by atoms with Crippen LogP contribution < -0.4 is 10.0 Å². The van der Waals surface area contributed by atoms with Gasteiger partial charge in [-0.05, 0) is 51.4 Å². The third-order valence-corrected chi connectivity index (χ3v) is 5.43. The number of carbonyl (C=O) groups is 2. The maximum Gasteiger partial charge on any atom is 0.225 e. The van der Waals surface area contributed by atoms with E-state index >= 15 is 0 Å². The van der Waals surface area contributed by atoms with E-state index in [0.717, 1.165) is 58.4 Å². The van der Waals surface area contributed by atoms with E-state index in [9.17, 15) is 14.7 Å². The second kappa shape index (κ2) is 7.95. The Kier molecular flexibility index (Phi) is 6.24. The Labute approximate surface area is 133 Å². The first-order valence-corrected chi connectivity index (χ1v) is 8.87. The molecule has 5 heteroatoms. The molecular formula is C17H30N2O3.